The lowest BCUT2D eigenvalue weighted by atomic mass is 9.98. The molecule has 0 amide bonds. The van der Waals surface area contributed by atoms with E-state index < -0.39 is 0 Å². The van der Waals surface area contributed by atoms with Gasteiger partial charge in [-0.25, -0.2) is 0 Å². The van der Waals surface area contributed by atoms with E-state index in [-0.39, 0.29) is 0 Å². The van der Waals surface area contributed by atoms with Crippen LogP contribution >= 0.6 is 0 Å². The molecule has 1 aromatic rings. The fourth-order valence-electron chi connectivity index (χ4n) is 1.81. The first-order valence-electron chi connectivity index (χ1n) is 4.74. The van der Waals surface area contributed by atoms with Crippen LogP contribution in [0.1, 0.15) is 30.9 Å². The number of aromatic nitrogens is 1. The van der Waals surface area contributed by atoms with E-state index in [1.807, 2.05) is 6.07 Å². The summed E-state index contributed by atoms with van der Waals surface area (Å²) in [5, 5.41) is 12.9. The first-order valence-corrected chi connectivity index (χ1v) is 4.74. The van der Waals surface area contributed by atoms with Crippen molar-refractivity contribution in [1.82, 2.24) is 10.3 Å². The molecule has 1 atom stereocenters. The maximum Gasteiger partial charge on any atom is 0.138 e. The van der Waals surface area contributed by atoms with Gasteiger partial charge in [-0.15, -0.1) is 0 Å². The Labute approximate surface area is 77.8 Å². The predicted octanol–water partition coefficient (Wildman–Crippen LogP) is 1.60. The van der Waals surface area contributed by atoms with Crippen LogP contribution in [0.5, 0.6) is 5.75 Å². The molecule has 0 unspecified atom stereocenters. The fraction of sp³-hybridized carbons (Fsp3) is 0.500. The molecule has 1 aromatic heterocycles. The number of hydrogen-bond acceptors (Lipinski definition) is 3. The van der Waals surface area contributed by atoms with Gasteiger partial charge in [0.25, 0.3) is 0 Å². The van der Waals surface area contributed by atoms with Crippen LogP contribution in [-0.4, -0.2) is 16.6 Å². The van der Waals surface area contributed by atoms with Crippen molar-refractivity contribution >= 4 is 0 Å². The Morgan fingerprint density at radius 2 is 2.38 bits per heavy atom. The monoisotopic (exact) mass is 178 g/mol. The maximum atomic E-state index is 9.56. The van der Waals surface area contributed by atoms with Gasteiger partial charge in [-0.1, -0.05) is 6.42 Å². The van der Waals surface area contributed by atoms with E-state index in [1.165, 1.54) is 19.0 Å². The number of aromatic hydroxyl groups is 1. The van der Waals surface area contributed by atoms with Crippen molar-refractivity contribution in [2.45, 2.75) is 25.3 Å². The lowest BCUT2D eigenvalue weighted by molar-refractivity contribution is 0.390. The molecule has 2 rings (SSSR count). The summed E-state index contributed by atoms with van der Waals surface area (Å²) in [5.41, 5.74) is 0.981. The van der Waals surface area contributed by atoms with Gasteiger partial charge in [0.1, 0.15) is 5.75 Å². The van der Waals surface area contributed by atoms with Crippen molar-refractivity contribution in [3.63, 3.8) is 0 Å². The summed E-state index contributed by atoms with van der Waals surface area (Å²) in [6, 6.07) is 2.20. The van der Waals surface area contributed by atoms with E-state index in [0.29, 0.717) is 11.8 Å². The van der Waals surface area contributed by atoms with Crippen LogP contribution in [0.4, 0.5) is 0 Å². The third-order valence-corrected chi connectivity index (χ3v) is 2.52. The van der Waals surface area contributed by atoms with Gasteiger partial charge in [0.15, 0.2) is 0 Å². The third-order valence-electron chi connectivity index (χ3n) is 2.52. The molecule has 1 saturated heterocycles. The molecule has 0 aromatic carbocycles. The molecule has 0 bridgehead atoms. The van der Waals surface area contributed by atoms with Crippen LogP contribution in [0.25, 0.3) is 0 Å². The Bertz CT molecular complexity index is 282. The lowest BCUT2D eigenvalue weighted by Gasteiger charge is -2.24. The first-order chi connectivity index (χ1) is 6.38. The SMILES string of the molecule is Oc1cnccc1[C@@H]1CCCCN1. The van der Waals surface area contributed by atoms with E-state index >= 15 is 0 Å². The van der Waals surface area contributed by atoms with Gasteiger partial charge < -0.3 is 10.4 Å². The van der Waals surface area contributed by atoms with Crippen molar-refractivity contribution in [2.24, 2.45) is 0 Å². The molecule has 0 saturated carbocycles. The summed E-state index contributed by atoms with van der Waals surface area (Å²) in [6.07, 6.45) is 6.82. The zero-order valence-electron chi connectivity index (χ0n) is 7.53. The number of piperidine rings is 1. The van der Waals surface area contributed by atoms with Gasteiger partial charge in [0.2, 0.25) is 0 Å². The Morgan fingerprint density at radius 3 is 3.08 bits per heavy atom. The van der Waals surface area contributed by atoms with Crippen molar-refractivity contribution in [3.05, 3.63) is 24.0 Å². The van der Waals surface area contributed by atoms with E-state index in [4.69, 9.17) is 0 Å². The minimum atomic E-state index is 0.307. The predicted molar refractivity (Wildman–Crippen MR) is 50.5 cm³/mol. The average Bonchev–Trinajstić information content (AvgIpc) is 2.20. The molecule has 0 aliphatic carbocycles. The van der Waals surface area contributed by atoms with Gasteiger partial charge >= 0.3 is 0 Å². The molecule has 3 heteroatoms. The quantitative estimate of drug-likeness (QED) is 0.686. The Balaban J connectivity index is 2.18. The molecule has 1 aliphatic heterocycles. The molecular weight excluding hydrogens is 164 g/mol. The normalized spacial score (nSPS) is 22.9. The van der Waals surface area contributed by atoms with Crippen molar-refractivity contribution in [3.8, 4) is 5.75 Å². The molecule has 0 spiro atoms. The maximum absolute atomic E-state index is 9.56. The van der Waals surface area contributed by atoms with Gasteiger partial charge in [0, 0.05) is 17.8 Å². The Hall–Kier alpha value is -1.09. The van der Waals surface area contributed by atoms with Gasteiger partial charge in [-0.2, -0.15) is 0 Å². The number of nitrogens with one attached hydrogen (secondary N) is 1. The number of hydrogen-bond donors (Lipinski definition) is 2. The molecule has 2 N–H and O–H groups in total. The summed E-state index contributed by atoms with van der Waals surface area (Å²) >= 11 is 0. The average molecular weight is 178 g/mol. The summed E-state index contributed by atoms with van der Waals surface area (Å²) in [7, 11) is 0. The second kappa shape index (κ2) is 3.75. The first kappa shape index (κ1) is 8.51. The largest absolute Gasteiger partial charge is 0.506 e. The van der Waals surface area contributed by atoms with E-state index in [0.717, 1.165) is 18.5 Å². The smallest absolute Gasteiger partial charge is 0.138 e. The Kier molecular flexibility index (Phi) is 2.45. The number of rotatable bonds is 1. The highest BCUT2D eigenvalue weighted by atomic mass is 16.3. The highest BCUT2D eigenvalue weighted by molar-refractivity contribution is 5.31. The van der Waals surface area contributed by atoms with Gasteiger partial charge in [0.05, 0.1) is 6.20 Å². The molecule has 3 nitrogen and oxygen atoms in total. The number of nitrogens with zero attached hydrogens (tertiary/aromatic N) is 1. The summed E-state index contributed by atoms with van der Waals surface area (Å²) < 4.78 is 0. The van der Waals surface area contributed by atoms with Crippen molar-refractivity contribution in [2.75, 3.05) is 6.54 Å². The Morgan fingerprint density at radius 1 is 1.46 bits per heavy atom. The third kappa shape index (κ3) is 1.80. The second-order valence-corrected chi connectivity index (χ2v) is 3.44. The van der Waals surface area contributed by atoms with Crippen LogP contribution in [0.3, 0.4) is 0 Å². The highest BCUT2D eigenvalue weighted by Gasteiger charge is 2.17. The molecule has 0 radical (unpaired) electrons. The van der Waals surface area contributed by atoms with Gasteiger partial charge in [-0.3, -0.25) is 4.98 Å². The molecule has 2 heterocycles. The number of pyridine rings is 1. The van der Waals surface area contributed by atoms with Crippen LogP contribution in [0, 0.1) is 0 Å². The minimum Gasteiger partial charge on any atom is -0.506 e. The topological polar surface area (TPSA) is 45.2 Å². The zero-order chi connectivity index (χ0) is 9.10. The van der Waals surface area contributed by atoms with Crippen LogP contribution < -0.4 is 5.32 Å². The van der Waals surface area contributed by atoms with Crippen molar-refractivity contribution in [1.29, 1.82) is 0 Å². The van der Waals surface area contributed by atoms with Crippen molar-refractivity contribution < 1.29 is 5.11 Å². The van der Waals surface area contributed by atoms with Gasteiger partial charge in [-0.05, 0) is 25.5 Å². The fourth-order valence-corrected chi connectivity index (χ4v) is 1.81. The minimum absolute atomic E-state index is 0.307. The second-order valence-electron chi connectivity index (χ2n) is 3.44. The lowest BCUT2D eigenvalue weighted by Crippen LogP contribution is -2.26. The standard InChI is InChI=1S/C10H14N2O/c13-10-7-11-6-4-8(10)9-3-1-2-5-12-9/h4,6-7,9,12-13H,1-3,5H2/t9-/m0/s1. The van der Waals surface area contributed by atoms with Crippen LogP contribution in [-0.2, 0) is 0 Å². The summed E-state index contributed by atoms with van der Waals surface area (Å²) in [4.78, 5) is 3.86. The zero-order valence-corrected chi connectivity index (χ0v) is 7.53. The van der Waals surface area contributed by atoms with E-state index in [9.17, 15) is 5.11 Å². The summed E-state index contributed by atoms with van der Waals surface area (Å²) in [6.45, 7) is 1.05. The molecule has 1 aliphatic rings. The van der Waals surface area contributed by atoms with Crippen LogP contribution in [0.2, 0.25) is 0 Å². The highest BCUT2D eigenvalue weighted by Crippen LogP contribution is 2.28. The van der Waals surface area contributed by atoms with E-state index in [2.05, 4.69) is 10.3 Å². The van der Waals surface area contributed by atoms with E-state index in [1.54, 1.807) is 6.20 Å². The molecular formula is C10H14N2O. The molecule has 13 heavy (non-hydrogen) atoms. The molecule has 70 valence electrons. The van der Waals surface area contributed by atoms with Crippen LogP contribution in [0.15, 0.2) is 18.5 Å². The summed E-state index contributed by atoms with van der Waals surface area (Å²) in [5.74, 6) is 0.307. The molecule has 1 fully saturated rings.